The number of benzene rings is 1. The van der Waals surface area contributed by atoms with Crippen LogP contribution in [-0.2, 0) is 16.0 Å². The Bertz CT molecular complexity index is 362. The third-order valence-corrected chi connectivity index (χ3v) is 3.13. The molecule has 100 valence electrons. The lowest BCUT2D eigenvalue weighted by Gasteiger charge is -2.19. The van der Waals surface area contributed by atoms with Crippen LogP contribution >= 0.6 is 0 Å². The summed E-state index contributed by atoms with van der Waals surface area (Å²) in [5.41, 5.74) is 7.03. The number of aryl methyl sites for hydroxylation is 1. The molecule has 0 aliphatic carbocycles. The molecule has 1 unspecified atom stereocenters. The van der Waals surface area contributed by atoms with Crippen LogP contribution < -0.4 is 5.73 Å². The molecule has 3 heteroatoms. The van der Waals surface area contributed by atoms with Crippen LogP contribution in [0.1, 0.15) is 32.8 Å². The predicted molar refractivity (Wildman–Crippen MR) is 73.1 cm³/mol. The van der Waals surface area contributed by atoms with Crippen molar-refractivity contribution < 1.29 is 9.53 Å². The summed E-state index contributed by atoms with van der Waals surface area (Å²) in [7, 11) is 0. The maximum Gasteiger partial charge on any atom is 0.323 e. The van der Waals surface area contributed by atoms with Crippen molar-refractivity contribution in [1.29, 1.82) is 0 Å². The number of nitrogens with two attached hydrogens (primary N) is 1. The number of carbonyl (C=O) groups is 1. The van der Waals surface area contributed by atoms with Crippen LogP contribution in [0, 0.1) is 5.92 Å². The Labute approximate surface area is 109 Å². The van der Waals surface area contributed by atoms with Gasteiger partial charge in [-0.15, -0.1) is 0 Å². The highest BCUT2D eigenvalue weighted by atomic mass is 16.5. The average Bonchev–Trinajstić information content (AvgIpc) is 2.36. The highest BCUT2D eigenvalue weighted by molar-refractivity contribution is 5.75. The molecule has 0 saturated carbocycles. The first kappa shape index (κ1) is 14.7. The van der Waals surface area contributed by atoms with Gasteiger partial charge in [0.05, 0.1) is 0 Å². The molecule has 1 rings (SSSR count). The molecule has 0 radical (unpaired) electrons. The monoisotopic (exact) mass is 249 g/mol. The number of ether oxygens (including phenoxy) is 1. The molecule has 2 atom stereocenters. The van der Waals surface area contributed by atoms with E-state index in [1.54, 1.807) is 0 Å². The van der Waals surface area contributed by atoms with Crippen LogP contribution in [0.25, 0.3) is 0 Å². The maximum atomic E-state index is 11.7. The van der Waals surface area contributed by atoms with Crippen LogP contribution in [0.5, 0.6) is 0 Å². The van der Waals surface area contributed by atoms with Crippen molar-refractivity contribution in [3.63, 3.8) is 0 Å². The van der Waals surface area contributed by atoms with Crippen molar-refractivity contribution in [2.75, 3.05) is 0 Å². The molecule has 0 aliphatic rings. The van der Waals surface area contributed by atoms with E-state index in [1.165, 1.54) is 5.56 Å². The summed E-state index contributed by atoms with van der Waals surface area (Å²) in [5.74, 6) is 0.0161. The standard InChI is InChI=1S/C15H23NO2/c1-11(2)12(3)18-15(17)14(16)10-9-13-7-5-4-6-8-13/h4-8,11-12,14H,9-10,16H2,1-3H3/t12?,14-/m0/s1. The van der Waals surface area contributed by atoms with Gasteiger partial charge in [-0.2, -0.15) is 0 Å². The molecule has 0 bridgehead atoms. The fourth-order valence-electron chi connectivity index (χ4n) is 1.49. The normalized spacial score (nSPS) is 14.3. The first-order valence-corrected chi connectivity index (χ1v) is 6.50. The minimum Gasteiger partial charge on any atom is -0.461 e. The fraction of sp³-hybridized carbons (Fsp3) is 0.533. The van der Waals surface area contributed by atoms with Gasteiger partial charge in [-0.05, 0) is 31.2 Å². The van der Waals surface area contributed by atoms with Crippen molar-refractivity contribution >= 4 is 5.97 Å². The van der Waals surface area contributed by atoms with E-state index < -0.39 is 6.04 Å². The molecule has 3 nitrogen and oxygen atoms in total. The molecule has 0 spiro atoms. The summed E-state index contributed by atoms with van der Waals surface area (Å²) in [6, 6.07) is 9.48. The Morgan fingerprint density at radius 1 is 1.22 bits per heavy atom. The lowest BCUT2D eigenvalue weighted by Crippen LogP contribution is -2.35. The van der Waals surface area contributed by atoms with Gasteiger partial charge in [0.1, 0.15) is 12.1 Å². The van der Waals surface area contributed by atoms with Crippen LogP contribution in [-0.4, -0.2) is 18.1 Å². The van der Waals surface area contributed by atoms with Crippen molar-refractivity contribution in [3.05, 3.63) is 35.9 Å². The molecule has 0 aromatic heterocycles. The van der Waals surface area contributed by atoms with Gasteiger partial charge in [0.2, 0.25) is 0 Å². The second kappa shape index (κ2) is 7.17. The number of carbonyl (C=O) groups excluding carboxylic acids is 1. The van der Waals surface area contributed by atoms with Crippen LogP contribution in [0.15, 0.2) is 30.3 Å². The van der Waals surface area contributed by atoms with E-state index >= 15 is 0 Å². The van der Waals surface area contributed by atoms with E-state index in [0.717, 1.165) is 6.42 Å². The Morgan fingerprint density at radius 3 is 2.39 bits per heavy atom. The van der Waals surface area contributed by atoms with E-state index in [2.05, 4.69) is 0 Å². The molecule has 18 heavy (non-hydrogen) atoms. The number of esters is 1. The zero-order chi connectivity index (χ0) is 13.5. The lowest BCUT2D eigenvalue weighted by atomic mass is 10.1. The molecule has 0 aliphatic heterocycles. The van der Waals surface area contributed by atoms with Gasteiger partial charge in [-0.25, -0.2) is 0 Å². The van der Waals surface area contributed by atoms with Gasteiger partial charge in [-0.3, -0.25) is 4.79 Å². The largest absolute Gasteiger partial charge is 0.461 e. The van der Waals surface area contributed by atoms with Gasteiger partial charge in [-0.1, -0.05) is 44.2 Å². The summed E-state index contributed by atoms with van der Waals surface area (Å²) in [5, 5.41) is 0. The predicted octanol–water partition coefficient (Wildman–Crippen LogP) is 2.53. The summed E-state index contributed by atoms with van der Waals surface area (Å²) in [6.45, 7) is 5.94. The van der Waals surface area contributed by atoms with E-state index in [-0.39, 0.29) is 12.1 Å². The van der Waals surface area contributed by atoms with Crippen LogP contribution in [0.2, 0.25) is 0 Å². The number of hydrogen-bond acceptors (Lipinski definition) is 3. The van der Waals surface area contributed by atoms with Crippen molar-refractivity contribution in [2.45, 2.75) is 45.8 Å². The number of hydrogen-bond donors (Lipinski definition) is 1. The van der Waals surface area contributed by atoms with E-state index in [0.29, 0.717) is 12.3 Å². The molecule has 2 N–H and O–H groups in total. The molecule has 0 amide bonds. The van der Waals surface area contributed by atoms with E-state index in [4.69, 9.17) is 10.5 Å². The maximum absolute atomic E-state index is 11.7. The first-order valence-electron chi connectivity index (χ1n) is 6.50. The SMILES string of the molecule is CC(C)C(C)OC(=O)[C@@H](N)CCc1ccccc1. The molecule has 1 aromatic carbocycles. The van der Waals surface area contributed by atoms with Crippen LogP contribution in [0.4, 0.5) is 0 Å². The number of rotatable bonds is 6. The van der Waals surface area contributed by atoms with Gasteiger partial charge in [0.25, 0.3) is 0 Å². The topological polar surface area (TPSA) is 52.3 Å². The average molecular weight is 249 g/mol. The lowest BCUT2D eigenvalue weighted by molar-refractivity contribution is -0.151. The Hall–Kier alpha value is -1.35. The third kappa shape index (κ3) is 4.88. The van der Waals surface area contributed by atoms with Gasteiger partial charge in [0.15, 0.2) is 0 Å². The molecule has 0 saturated heterocycles. The van der Waals surface area contributed by atoms with E-state index in [1.807, 2.05) is 51.1 Å². The summed E-state index contributed by atoms with van der Waals surface area (Å²) in [4.78, 5) is 11.7. The highest BCUT2D eigenvalue weighted by Crippen LogP contribution is 2.09. The van der Waals surface area contributed by atoms with Crippen molar-refractivity contribution in [1.82, 2.24) is 0 Å². The van der Waals surface area contributed by atoms with Gasteiger partial charge < -0.3 is 10.5 Å². The molecule has 0 fully saturated rings. The molecular formula is C15H23NO2. The zero-order valence-corrected chi connectivity index (χ0v) is 11.4. The second-order valence-corrected chi connectivity index (χ2v) is 5.02. The minimum atomic E-state index is -0.536. The van der Waals surface area contributed by atoms with Crippen molar-refractivity contribution in [2.24, 2.45) is 11.7 Å². The quantitative estimate of drug-likeness (QED) is 0.788. The molecule has 1 aromatic rings. The third-order valence-electron chi connectivity index (χ3n) is 3.13. The smallest absolute Gasteiger partial charge is 0.323 e. The Kier molecular flexibility index (Phi) is 5.86. The zero-order valence-electron chi connectivity index (χ0n) is 11.4. The van der Waals surface area contributed by atoms with Gasteiger partial charge >= 0.3 is 5.97 Å². The summed E-state index contributed by atoms with van der Waals surface area (Å²) in [6.07, 6.45) is 1.33. The van der Waals surface area contributed by atoms with Crippen LogP contribution in [0.3, 0.4) is 0 Å². The van der Waals surface area contributed by atoms with E-state index in [9.17, 15) is 4.79 Å². The van der Waals surface area contributed by atoms with Gasteiger partial charge in [0, 0.05) is 0 Å². The minimum absolute atomic E-state index is 0.0831. The summed E-state index contributed by atoms with van der Waals surface area (Å²) < 4.78 is 5.30. The fourth-order valence-corrected chi connectivity index (χ4v) is 1.49. The summed E-state index contributed by atoms with van der Waals surface area (Å²) >= 11 is 0. The Morgan fingerprint density at radius 2 is 1.83 bits per heavy atom. The first-order chi connectivity index (χ1) is 8.50. The Balaban J connectivity index is 2.36. The molecular weight excluding hydrogens is 226 g/mol. The van der Waals surface area contributed by atoms with Crippen molar-refractivity contribution in [3.8, 4) is 0 Å². The molecule has 0 heterocycles. The second-order valence-electron chi connectivity index (χ2n) is 5.02. The highest BCUT2D eigenvalue weighted by Gasteiger charge is 2.19.